The lowest BCUT2D eigenvalue weighted by molar-refractivity contribution is -0.149. The van der Waals surface area contributed by atoms with Crippen LogP contribution in [-0.2, 0) is 9.53 Å². The molecular weight excluding hydrogens is 264 g/mol. The highest BCUT2D eigenvalue weighted by atomic mass is 35.5. The van der Waals surface area contributed by atoms with Crippen LogP contribution in [0.2, 0.25) is 0 Å². The van der Waals surface area contributed by atoms with Gasteiger partial charge in [0.25, 0.3) is 0 Å². The Morgan fingerprint density at radius 3 is 2.74 bits per heavy atom. The molecule has 0 aromatic heterocycles. The third-order valence-electron chi connectivity index (χ3n) is 4.16. The predicted octanol–water partition coefficient (Wildman–Crippen LogP) is 1.95. The first-order chi connectivity index (χ1) is 8.60. The number of halogens is 1. The van der Waals surface area contributed by atoms with Crippen LogP contribution in [0.3, 0.4) is 0 Å². The average molecular weight is 291 g/mol. The molecule has 112 valence electrons. The molecule has 1 amide bonds. The maximum atomic E-state index is 12.5. The van der Waals surface area contributed by atoms with Crippen LogP contribution in [-0.4, -0.2) is 42.1 Å². The first kappa shape index (κ1) is 16.7. The van der Waals surface area contributed by atoms with Gasteiger partial charge in [-0.3, -0.25) is 4.79 Å². The predicted molar refractivity (Wildman–Crippen MR) is 78.4 cm³/mol. The lowest BCUT2D eigenvalue weighted by atomic mass is 9.85. The second kappa shape index (κ2) is 7.46. The van der Waals surface area contributed by atoms with Gasteiger partial charge in [0.1, 0.15) is 0 Å². The zero-order valence-corrected chi connectivity index (χ0v) is 12.8. The monoisotopic (exact) mass is 290 g/mol. The molecule has 19 heavy (non-hydrogen) atoms. The van der Waals surface area contributed by atoms with Gasteiger partial charge in [0.2, 0.25) is 5.91 Å². The van der Waals surface area contributed by atoms with Crippen molar-refractivity contribution in [3.63, 3.8) is 0 Å². The Kier molecular flexibility index (Phi) is 6.57. The lowest BCUT2D eigenvalue weighted by Crippen LogP contribution is -2.51. The minimum Gasteiger partial charge on any atom is -0.372 e. The minimum absolute atomic E-state index is 0. The molecule has 1 saturated heterocycles. The number of nitrogens with zero attached hydrogens (tertiary/aromatic N) is 1. The van der Waals surface area contributed by atoms with Crippen molar-refractivity contribution in [1.29, 1.82) is 0 Å². The summed E-state index contributed by atoms with van der Waals surface area (Å²) in [5, 5.41) is 0. The van der Waals surface area contributed by atoms with Gasteiger partial charge in [0, 0.05) is 25.0 Å². The Morgan fingerprint density at radius 1 is 1.37 bits per heavy atom. The van der Waals surface area contributed by atoms with E-state index in [1.54, 1.807) is 0 Å². The number of nitrogens with two attached hydrogens (primary N) is 1. The molecule has 0 bridgehead atoms. The fourth-order valence-electron chi connectivity index (χ4n) is 3.16. The third kappa shape index (κ3) is 4.33. The average Bonchev–Trinajstić information content (AvgIpc) is 2.37. The minimum atomic E-state index is 0. The molecule has 5 heteroatoms. The number of morpholine rings is 1. The summed E-state index contributed by atoms with van der Waals surface area (Å²) in [6.07, 6.45) is 5.37. The first-order valence-corrected chi connectivity index (χ1v) is 7.30. The van der Waals surface area contributed by atoms with Crippen molar-refractivity contribution in [2.24, 2.45) is 11.7 Å². The van der Waals surface area contributed by atoms with Gasteiger partial charge < -0.3 is 15.4 Å². The summed E-state index contributed by atoms with van der Waals surface area (Å²) in [5.74, 6) is 0.454. The molecule has 0 aromatic carbocycles. The van der Waals surface area contributed by atoms with Gasteiger partial charge in [-0.15, -0.1) is 12.4 Å². The molecule has 4 atom stereocenters. The molecule has 4 unspecified atom stereocenters. The van der Waals surface area contributed by atoms with Gasteiger partial charge >= 0.3 is 0 Å². The Balaban J connectivity index is 0.00000180. The SMILES string of the molecule is CCC1CN(C(=O)C2CCCC(N)C2)CC(C)O1.Cl. The Bertz CT molecular complexity index is 301. The van der Waals surface area contributed by atoms with E-state index in [0.717, 1.165) is 45.2 Å². The molecule has 2 rings (SSSR count). The van der Waals surface area contributed by atoms with E-state index in [4.69, 9.17) is 10.5 Å². The van der Waals surface area contributed by atoms with Crippen LogP contribution in [0, 0.1) is 5.92 Å². The van der Waals surface area contributed by atoms with Crippen molar-refractivity contribution in [1.82, 2.24) is 4.90 Å². The van der Waals surface area contributed by atoms with Crippen LogP contribution in [0.15, 0.2) is 0 Å². The molecule has 1 aliphatic carbocycles. The van der Waals surface area contributed by atoms with Gasteiger partial charge in [0.15, 0.2) is 0 Å². The summed E-state index contributed by atoms with van der Waals surface area (Å²) in [4.78, 5) is 14.5. The Hall–Kier alpha value is -0.320. The van der Waals surface area contributed by atoms with E-state index in [0.29, 0.717) is 5.91 Å². The number of ether oxygens (including phenoxy) is 1. The highest BCUT2D eigenvalue weighted by Crippen LogP contribution is 2.26. The maximum absolute atomic E-state index is 12.5. The molecule has 2 aliphatic rings. The van der Waals surface area contributed by atoms with Crippen LogP contribution in [0.4, 0.5) is 0 Å². The van der Waals surface area contributed by atoms with Crippen molar-refractivity contribution in [2.45, 2.75) is 64.2 Å². The van der Waals surface area contributed by atoms with E-state index in [1.165, 1.54) is 0 Å². The first-order valence-electron chi connectivity index (χ1n) is 7.30. The van der Waals surface area contributed by atoms with E-state index in [1.807, 2.05) is 4.90 Å². The van der Waals surface area contributed by atoms with Gasteiger partial charge in [-0.2, -0.15) is 0 Å². The normalized spacial score (nSPS) is 35.6. The molecule has 0 aromatic rings. The van der Waals surface area contributed by atoms with Crippen LogP contribution in [0.25, 0.3) is 0 Å². The second-order valence-corrected chi connectivity index (χ2v) is 5.84. The highest BCUT2D eigenvalue weighted by molar-refractivity contribution is 5.85. The number of carbonyl (C=O) groups is 1. The molecule has 1 saturated carbocycles. The molecule has 1 aliphatic heterocycles. The van der Waals surface area contributed by atoms with E-state index in [-0.39, 0.29) is 36.6 Å². The molecule has 0 radical (unpaired) electrons. The maximum Gasteiger partial charge on any atom is 0.225 e. The third-order valence-corrected chi connectivity index (χ3v) is 4.16. The summed E-state index contributed by atoms with van der Waals surface area (Å²) >= 11 is 0. The van der Waals surface area contributed by atoms with E-state index < -0.39 is 0 Å². The lowest BCUT2D eigenvalue weighted by Gasteiger charge is -2.39. The summed E-state index contributed by atoms with van der Waals surface area (Å²) in [5.41, 5.74) is 5.98. The number of hydrogen-bond acceptors (Lipinski definition) is 3. The molecule has 1 heterocycles. The molecule has 0 spiro atoms. The topological polar surface area (TPSA) is 55.6 Å². The summed E-state index contributed by atoms with van der Waals surface area (Å²) in [6.45, 7) is 5.66. The fourth-order valence-corrected chi connectivity index (χ4v) is 3.16. The number of carbonyl (C=O) groups excluding carboxylic acids is 1. The smallest absolute Gasteiger partial charge is 0.225 e. The zero-order valence-electron chi connectivity index (χ0n) is 12.0. The molecule has 2 N–H and O–H groups in total. The van der Waals surface area contributed by atoms with Crippen molar-refractivity contribution in [3.05, 3.63) is 0 Å². The molecule has 4 nitrogen and oxygen atoms in total. The molecular formula is C14H27ClN2O2. The van der Waals surface area contributed by atoms with Crippen molar-refractivity contribution in [2.75, 3.05) is 13.1 Å². The van der Waals surface area contributed by atoms with E-state index in [2.05, 4.69) is 13.8 Å². The standard InChI is InChI=1S/C14H26N2O2.ClH/c1-3-13-9-16(8-10(2)18-13)14(17)11-5-4-6-12(15)7-11;/h10-13H,3-9,15H2,1-2H3;1H. The van der Waals surface area contributed by atoms with Gasteiger partial charge in [0.05, 0.1) is 12.2 Å². The number of hydrogen-bond donors (Lipinski definition) is 1. The molecule has 2 fully saturated rings. The van der Waals surface area contributed by atoms with Crippen molar-refractivity contribution in [3.8, 4) is 0 Å². The summed E-state index contributed by atoms with van der Waals surface area (Å²) < 4.78 is 5.81. The van der Waals surface area contributed by atoms with Gasteiger partial charge in [-0.1, -0.05) is 13.3 Å². The van der Waals surface area contributed by atoms with Gasteiger partial charge in [-0.25, -0.2) is 0 Å². The zero-order chi connectivity index (χ0) is 13.1. The van der Waals surface area contributed by atoms with E-state index in [9.17, 15) is 4.79 Å². The Labute approximate surface area is 122 Å². The van der Waals surface area contributed by atoms with Crippen LogP contribution >= 0.6 is 12.4 Å². The highest BCUT2D eigenvalue weighted by Gasteiger charge is 2.33. The van der Waals surface area contributed by atoms with Crippen LogP contribution in [0.1, 0.15) is 46.0 Å². The number of rotatable bonds is 2. The summed E-state index contributed by atoms with van der Waals surface area (Å²) in [6, 6.07) is 0.216. The van der Waals surface area contributed by atoms with E-state index >= 15 is 0 Å². The second-order valence-electron chi connectivity index (χ2n) is 5.84. The van der Waals surface area contributed by atoms with Crippen molar-refractivity contribution < 1.29 is 9.53 Å². The largest absolute Gasteiger partial charge is 0.372 e. The Morgan fingerprint density at radius 2 is 2.11 bits per heavy atom. The quantitative estimate of drug-likeness (QED) is 0.846. The number of amides is 1. The van der Waals surface area contributed by atoms with Crippen molar-refractivity contribution >= 4 is 18.3 Å². The summed E-state index contributed by atoms with van der Waals surface area (Å²) in [7, 11) is 0. The van der Waals surface area contributed by atoms with Gasteiger partial charge in [-0.05, 0) is 32.6 Å². The van der Waals surface area contributed by atoms with Crippen LogP contribution in [0.5, 0.6) is 0 Å². The van der Waals surface area contributed by atoms with Crippen LogP contribution < -0.4 is 5.73 Å². The fraction of sp³-hybridized carbons (Fsp3) is 0.929.